The first-order valence-electron chi connectivity index (χ1n) is 9.12. The number of amides is 3. The Morgan fingerprint density at radius 1 is 0.962 bits per heavy atom. The second-order valence-corrected chi connectivity index (χ2v) is 7.87. The normalized spacial score (nSPS) is 18.5. The van der Waals surface area contributed by atoms with Crippen LogP contribution in [0.4, 0.5) is 0 Å². The molecule has 2 aliphatic heterocycles. The van der Waals surface area contributed by atoms with Crippen LogP contribution in [0.2, 0.25) is 0 Å². The molecule has 1 aromatic carbocycles. The molecule has 0 radical (unpaired) electrons. The molecule has 2 fully saturated rings. The summed E-state index contributed by atoms with van der Waals surface area (Å²) in [6, 6.07) is 8.86. The van der Waals surface area contributed by atoms with Crippen molar-refractivity contribution in [1.82, 2.24) is 15.1 Å². The fourth-order valence-corrected chi connectivity index (χ4v) is 4.28. The average molecular weight is 375 g/mol. The number of hydrogen-bond donors (Lipinski definition) is 1. The lowest BCUT2D eigenvalue weighted by Gasteiger charge is -2.35. The number of carbonyl (C=O) groups is 3. The third-order valence-electron chi connectivity index (χ3n) is 4.96. The summed E-state index contributed by atoms with van der Waals surface area (Å²) < 4.78 is 0. The van der Waals surface area contributed by atoms with Gasteiger partial charge in [-0.05, 0) is 25.0 Å². The molecular formula is C19H25N3O3S. The Kier molecular flexibility index (Phi) is 6.55. The molecule has 3 amide bonds. The van der Waals surface area contributed by atoms with Crippen molar-refractivity contribution in [2.24, 2.45) is 5.92 Å². The highest BCUT2D eigenvalue weighted by Crippen LogP contribution is 2.21. The van der Waals surface area contributed by atoms with Gasteiger partial charge >= 0.3 is 0 Å². The molecule has 0 saturated carbocycles. The van der Waals surface area contributed by atoms with Crippen LogP contribution in [0.3, 0.4) is 0 Å². The van der Waals surface area contributed by atoms with Crippen LogP contribution < -0.4 is 5.32 Å². The Morgan fingerprint density at radius 3 is 2.27 bits per heavy atom. The fraction of sp³-hybridized carbons (Fsp3) is 0.526. The Morgan fingerprint density at radius 2 is 1.62 bits per heavy atom. The minimum atomic E-state index is -0.244. The van der Waals surface area contributed by atoms with Gasteiger partial charge < -0.3 is 15.1 Å². The molecule has 0 aliphatic carbocycles. The summed E-state index contributed by atoms with van der Waals surface area (Å²) >= 11 is 1.89. The van der Waals surface area contributed by atoms with Crippen LogP contribution in [-0.2, 0) is 9.59 Å². The molecule has 2 aliphatic rings. The van der Waals surface area contributed by atoms with E-state index in [4.69, 9.17) is 0 Å². The zero-order valence-electron chi connectivity index (χ0n) is 14.9. The summed E-state index contributed by atoms with van der Waals surface area (Å²) in [6.45, 7) is 2.84. The zero-order chi connectivity index (χ0) is 18.4. The van der Waals surface area contributed by atoms with Crippen LogP contribution in [0.1, 0.15) is 23.2 Å². The third-order valence-corrected chi connectivity index (χ3v) is 5.90. The lowest BCUT2D eigenvalue weighted by atomic mass is 9.95. The molecule has 140 valence electrons. The summed E-state index contributed by atoms with van der Waals surface area (Å²) in [4.78, 5) is 40.6. The van der Waals surface area contributed by atoms with Gasteiger partial charge in [0.15, 0.2) is 0 Å². The van der Waals surface area contributed by atoms with Gasteiger partial charge in [0, 0.05) is 49.2 Å². The molecule has 2 saturated heterocycles. The predicted molar refractivity (Wildman–Crippen MR) is 102 cm³/mol. The molecule has 0 spiro atoms. The molecule has 0 aromatic heterocycles. The van der Waals surface area contributed by atoms with E-state index in [9.17, 15) is 14.4 Å². The predicted octanol–water partition coefficient (Wildman–Crippen LogP) is 1.23. The van der Waals surface area contributed by atoms with Gasteiger partial charge in [0.2, 0.25) is 11.8 Å². The Bertz CT molecular complexity index is 639. The van der Waals surface area contributed by atoms with Crippen molar-refractivity contribution in [1.29, 1.82) is 0 Å². The van der Waals surface area contributed by atoms with Crippen LogP contribution in [0.5, 0.6) is 0 Å². The summed E-state index contributed by atoms with van der Waals surface area (Å²) in [5, 5.41) is 2.67. The maximum absolute atomic E-state index is 12.6. The van der Waals surface area contributed by atoms with Gasteiger partial charge in [-0.2, -0.15) is 11.8 Å². The lowest BCUT2D eigenvalue weighted by Crippen LogP contribution is -2.48. The highest BCUT2D eigenvalue weighted by Gasteiger charge is 2.30. The average Bonchev–Trinajstić information content (AvgIpc) is 2.72. The number of nitrogens with zero attached hydrogens (tertiary/aromatic N) is 2. The molecule has 2 heterocycles. The van der Waals surface area contributed by atoms with Gasteiger partial charge in [-0.15, -0.1) is 0 Å². The first kappa shape index (κ1) is 18.8. The Labute approximate surface area is 158 Å². The summed E-state index contributed by atoms with van der Waals surface area (Å²) in [6.07, 6.45) is 1.42. The maximum atomic E-state index is 12.6. The van der Waals surface area contributed by atoms with E-state index >= 15 is 0 Å². The quantitative estimate of drug-likeness (QED) is 0.859. The summed E-state index contributed by atoms with van der Waals surface area (Å²) in [5.41, 5.74) is 0.546. The molecule has 3 rings (SSSR count). The van der Waals surface area contributed by atoms with E-state index in [-0.39, 0.29) is 30.2 Å². The van der Waals surface area contributed by atoms with Gasteiger partial charge in [-0.3, -0.25) is 14.4 Å². The second kappa shape index (κ2) is 9.07. The maximum Gasteiger partial charge on any atom is 0.251 e. The molecular weight excluding hydrogens is 350 g/mol. The van der Waals surface area contributed by atoms with Crippen LogP contribution >= 0.6 is 11.8 Å². The Hall–Kier alpha value is -2.02. The smallest absolute Gasteiger partial charge is 0.251 e. The molecule has 1 aromatic rings. The molecule has 1 N–H and O–H groups in total. The van der Waals surface area contributed by atoms with E-state index in [1.165, 1.54) is 0 Å². The molecule has 0 atom stereocenters. The number of thioether (sulfide) groups is 1. The number of nitrogens with one attached hydrogen (secondary N) is 1. The van der Waals surface area contributed by atoms with Gasteiger partial charge in [0.1, 0.15) is 0 Å². The Balaban J connectivity index is 1.42. The first-order chi connectivity index (χ1) is 12.6. The van der Waals surface area contributed by atoms with Crippen LogP contribution in [0, 0.1) is 5.92 Å². The van der Waals surface area contributed by atoms with Crippen LogP contribution in [0.15, 0.2) is 30.3 Å². The number of carbonyl (C=O) groups excluding carboxylic acids is 3. The fourth-order valence-electron chi connectivity index (χ4n) is 3.38. The van der Waals surface area contributed by atoms with E-state index in [2.05, 4.69) is 5.32 Å². The topological polar surface area (TPSA) is 69.7 Å². The standard InChI is InChI=1S/C19H25N3O3S/c23-17(14-20-18(24)15-4-2-1-3-5-15)21-8-6-16(7-9-21)19(25)22-10-12-26-13-11-22/h1-5,16H,6-14H2,(H,20,24). The highest BCUT2D eigenvalue weighted by atomic mass is 32.2. The van der Waals surface area contributed by atoms with E-state index < -0.39 is 0 Å². The highest BCUT2D eigenvalue weighted by molar-refractivity contribution is 7.99. The van der Waals surface area contributed by atoms with Gasteiger partial charge in [-0.1, -0.05) is 18.2 Å². The van der Waals surface area contributed by atoms with Crippen LogP contribution in [0.25, 0.3) is 0 Å². The second-order valence-electron chi connectivity index (χ2n) is 6.64. The summed E-state index contributed by atoms with van der Waals surface area (Å²) in [5.74, 6) is 1.98. The van der Waals surface area contributed by atoms with Crippen molar-refractivity contribution < 1.29 is 14.4 Å². The van der Waals surface area contributed by atoms with E-state index in [0.717, 1.165) is 24.6 Å². The van der Waals surface area contributed by atoms with E-state index in [1.54, 1.807) is 29.2 Å². The number of rotatable bonds is 4. The molecule has 7 heteroatoms. The lowest BCUT2D eigenvalue weighted by molar-refractivity contribution is -0.140. The number of likely N-dealkylation sites (tertiary alicyclic amines) is 1. The van der Waals surface area contributed by atoms with Gasteiger partial charge in [0.25, 0.3) is 5.91 Å². The minimum absolute atomic E-state index is 0.00428. The van der Waals surface area contributed by atoms with E-state index in [0.29, 0.717) is 31.5 Å². The first-order valence-corrected chi connectivity index (χ1v) is 10.3. The zero-order valence-corrected chi connectivity index (χ0v) is 15.7. The van der Waals surface area contributed by atoms with Crippen molar-refractivity contribution in [2.45, 2.75) is 12.8 Å². The van der Waals surface area contributed by atoms with E-state index in [1.807, 2.05) is 22.7 Å². The van der Waals surface area contributed by atoms with Crippen molar-refractivity contribution in [2.75, 3.05) is 44.2 Å². The van der Waals surface area contributed by atoms with Gasteiger partial charge in [0.05, 0.1) is 6.54 Å². The summed E-state index contributed by atoms with van der Waals surface area (Å²) in [7, 11) is 0. The van der Waals surface area contributed by atoms with Gasteiger partial charge in [-0.25, -0.2) is 0 Å². The molecule has 26 heavy (non-hydrogen) atoms. The van der Waals surface area contributed by atoms with Crippen molar-refractivity contribution in [3.05, 3.63) is 35.9 Å². The van der Waals surface area contributed by atoms with Crippen molar-refractivity contribution >= 4 is 29.5 Å². The number of hydrogen-bond acceptors (Lipinski definition) is 4. The number of piperidine rings is 1. The minimum Gasteiger partial charge on any atom is -0.343 e. The molecule has 0 unspecified atom stereocenters. The van der Waals surface area contributed by atoms with Crippen LogP contribution in [-0.4, -0.2) is 71.8 Å². The largest absolute Gasteiger partial charge is 0.343 e. The third kappa shape index (κ3) is 4.78. The monoisotopic (exact) mass is 375 g/mol. The molecule has 6 nitrogen and oxygen atoms in total. The molecule has 0 bridgehead atoms. The van der Waals surface area contributed by atoms with Crippen molar-refractivity contribution in [3.8, 4) is 0 Å². The number of benzene rings is 1. The SMILES string of the molecule is O=C(NCC(=O)N1CCC(C(=O)N2CCSCC2)CC1)c1ccccc1. The van der Waals surface area contributed by atoms with Crippen molar-refractivity contribution in [3.63, 3.8) is 0 Å².